The summed E-state index contributed by atoms with van der Waals surface area (Å²) in [6.45, 7) is 1.68. The van der Waals surface area contributed by atoms with Gasteiger partial charge in [0.05, 0.1) is 17.9 Å². The Hall–Kier alpha value is -3.85. The first kappa shape index (κ1) is 22.0. The van der Waals surface area contributed by atoms with E-state index < -0.39 is 5.82 Å². The molecule has 0 aliphatic carbocycles. The number of carbonyl (C=O) groups is 1. The molecule has 3 N–H and O–H groups in total. The number of hydrogen-bond acceptors (Lipinski definition) is 6. The van der Waals surface area contributed by atoms with Crippen LogP contribution in [-0.4, -0.2) is 64.2 Å². The summed E-state index contributed by atoms with van der Waals surface area (Å²) in [6.07, 6.45) is 5.27. The van der Waals surface area contributed by atoms with E-state index in [9.17, 15) is 9.18 Å². The average molecular weight is 460 g/mol. The zero-order chi connectivity index (χ0) is 23.8. The molecule has 2 aromatic heterocycles. The van der Waals surface area contributed by atoms with Crippen LogP contribution in [-0.2, 0) is 0 Å². The molecule has 0 atom stereocenters. The molecule has 1 saturated heterocycles. The first-order valence-electron chi connectivity index (χ1n) is 11.2. The van der Waals surface area contributed by atoms with Gasteiger partial charge in [-0.1, -0.05) is 6.07 Å². The van der Waals surface area contributed by atoms with Gasteiger partial charge < -0.3 is 15.5 Å². The molecule has 3 heterocycles. The third-order valence-corrected chi connectivity index (χ3v) is 6.22. The summed E-state index contributed by atoms with van der Waals surface area (Å²) in [6, 6.07) is 10.2. The van der Waals surface area contributed by atoms with E-state index in [0.717, 1.165) is 42.7 Å². The summed E-state index contributed by atoms with van der Waals surface area (Å²) in [4.78, 5) is 25.2. The Morgan fingerprint density at radius 2 is 1.94 bits per heavy atom. The molecule has 174 valence electrons. The van der Waals surface area contributed by atoms with E-state index in [0.29, 0.717) is 28.1 Å². The van der Waals surface area contributed by atoms with Crippen molar-refractivity contribution in [2.75, 3.05) is 32.1 Å². The Balaban J connectivity index is 1.54. The van der Waals surface area contributed by atoms with Crippen molar-refractivity contribution in [1.29, 1.82) is 0 Å². The Morgan fingerprint density at radius 3 is 2.71 bits per heavy atom. The summed E-state index contributed by atoms with van der Waals surface area (Å²) < 4.78 is 14.8. The summed E-state index contributed by atoms with van der Waals surface area (Å²) in [5, 5.41) is 8.30. The maximum atomic E-state index is 14.8. The molecule has 2 aromatic carbocycles. The van der Waals surface area contributed by atoms with Crippen molar-refractivity contribution in [2.45, 2.75) is 18.9 Å². The number of aromatic amines is 1. The average Bonchev–Trinajstić information content (AvgIpc) is 3.28. The molecule has 0 bridgehead atoms. The van der Waals surface area contributed by atoms with Gasteiger partial charge in [-0.3, -0.25) is 14.9 Å². The molecule has 8 nitrogen and oxygen atoms in total. The molecule has 1 aliphatic rings. The van der Waals surface area contributed by atoms with Gasteiger partial charge in [-0.2, -0.15) is 5.10 Å². The largest absolute Gasteiger partial charge is 0.355 e. The van der Waals surface area contributed by atoms with E-state index in [2.05, 4.69) is 20.1 Å². The lowest BCUT2D eigenvalue weighted by atomic mass is 9.99. The fourth-order valence-corrected chi connectivity index (χ4v) is 4.27. The van der Waals surface area contributed by atoms with Crippen LogP contribution in [0.2, 0.25) is 0 Å². The summed E-state index contributed by atoms with van der Waals surface area (Å²) in [5.74, 6) is 0.208. The maximum Gasteiger partial charge on any atom is 0.253 e. The highest BCUT2D eigenvalue weighted by atomic mass is 19.1. The fraction of sp³-hybridized carbons (Fsp3) is 0.280. The molecule has 4 aromatic rings. The van der Waals surface area contributed by atoms with Gasteiger partial charge in [-0.15, -0.1) is 0 Å². The van der Waals surface area contributed by atoms with Crippen LogP contribution in [0.1, 0.15) is 23.2 Å². The van der Waals surface area contributed by atoms with Crippen LogP contribution in [0.3, 0.4) is 0 Å². The summed E-state index contributed by atoms with van der Waals surface area (Å²) >= 11 is 0. The summed E-state index contributed by atoms with van der Waals surface area (Å²) in [5.41, 5.74) is 9.53. The first-order valence-corrected chi connectivity index (χ1v) is 11.2. The zero-order valence-electron chi connectivity index (χ0n) is 19.1. The maximum absolute atomic E-state index is 14.8. The van der Waals surface area contributed by atoms with E-state index in [4.69, 9.17) is 10.7 Å². The van der Waals surface area contributed by atoms with Crippen LogP contribution >= 0.6 is 0 Å². The number of anilines is 1. The smallest absolute Gasteiger partial charge is 0.253 e. The Labute approximate surface area is 196 Å². The summed E-state index contributed by atoms with van der Waals surface area (Å²) in [7, 11) is 3.34. The number of amides is 1. The van der Waals surface area contributed by atoms with Crippen molar-refractivity contribution in [3.05, 3.63) is 60.2 Å². The minimum Gasteiger partial charge on any atom is -0.355 e. The number of benzene rings is 2. The molecule has 9 heteroatoms. The number of rotatable bonds is 4. The fourth-order valence-electron chi connectivity index (χ4n) is 4.27. The number of nitrogens with zero attached hydrogens (tertiary/aromatic N) is 5. The number of piperidine rings is 1. The predicted octanol–water partition coefficient (Wildman–Crippen LogP) is 3.46. The van der Waals surface area contributed by atoms with Crippen LogP contribution in [0.15, 0.2) is 48.8 Å². The highest BCUT2D eigenvalue weighted by Gasteiger charge is 2.20. The lowest BCUT2D eigenvalue weighted by Crippen LogP contribution is -2.40. The van der Waals surface area contributed by atoms with Crippen LogP contribution in [0.25, 0.3) is 33.4 Å². The van der Waals surface area contributed by atoms with Crippen LogP contribution < -0.4 is 10.6 Å². The number of nitrogens with two attached hydrogens (primary N) is 1. The third kappa shape index (κ3) is 4.10. The van der Waals surface area contributed by atoms with E-state index in [1.54, 1.807) is 32.6 Å². The van der Waals surface area contributed by atoms with Gasteiger partial charge in [0.1, 0.15) is 23.0 Å². The number of nitrogens with one attached hydrogen (secondary N) is 1. The lowest BCUT2D eigenvalue weighted by molar-refractivity contribution is 0.0827. The van der Waals surface area contributed by atoms with Crippen molar-refractivity contribution in [1.82, 2.24) is 25.1 Å². The van der Waals surface area contributed by atoms with Crippen molar-refractivity contribution in [3.8, 4) is 22.5 Å². The van der Waals surface area contributed by atoms with Crippen molar-refractivity contribution in [2.24, 2.45) is 5.73 Å². The second-order valence-corrected chi connectivity index (χ2v) is 8.81. The van der Waals surface area contributed by atoms with Gasteiger partial charge in [0.15, 0.2) is 0 Å². The van der Waals surface area contributed by atoms with Gasteiger partial charge in [0.2, 0.25) is 0 Å². The molecule has 0 radical (unpaired) electrons. The Kier molecular flexibility index (Phi) is 5.70. The highest BCUT2D eigenvalue weighted by Crippen LogP contribution is 2.32. The topological polar surface area (TPSA) is 104 Å². The number of aromatic nitrogens is 4. The number of hydrogen-bond donors (Lipinski definition) is 2. The zero-order valence-corrected chi connectivity index (χ0v) is 19.1. The monoisotopic (exact) mass is 459 g/mol. The standard InChI is InChI=1S/C25H26FN7O/c1-32(2)25(34)16-3-5-20(26)18(12-16)15-4-6-21-19(11-15)24(31-30-21)22-13-28-14-23(29-22)33-9-7-17(27)8-10-33/h3-6,11-14,17H,7-10,27H2,1-2H3,(H,30,31). The second-order valence-electron chi connectivity index (χ2n) is 8.81. The van der Waals surface area contributed by atoms with Gasteiger partial charge in [-0.05, 0) is 48.7 Å². The van der Waals surface area contributed by atoms with E-state index in [1.165, 1.54) is 17.0 Å². The van der Waals surface area contributed by atoms with Crippen LogP contribution in [0, 0.1) is 5.82 Å². The van der Waals surface area contributed by atoms with E-state index in [-0.39, 0.29) is 11.9 Å². The minimum atomic E-state index is -0.398. The molecular formula is C25H26FN7O. The van der Waals surface area contributed by atoms with Gasteiger partial charge in [-0.25, -0.2) is 9.37 Å². The molecule has 1 fully saturated rings. The predicted molar refractivity (Wildman–Crippen MR) is 130 cm³/mol. The van der Waals surface area contributed by atoms with Crippen LogP contribution in [0.4, 0.5) is 10.2 Å². The number of H-pyrrole nitrogens is 1. The number of carbonyl (C=O) groups excluding carboxylic acids is 1. The minimum absolute atomic E-state index is 0.183. The Morgan fingerprint density at radius 1 is 1.15 bits per heavy atom. The quantitative estimate of drug-likeness (QED) is 0.484. The van der Waals surface area contributed by atoms with Gasteiger partial charge in [0, 0.05) is 49.7 Å². The van der Waals surface area contributed by atoms with Gasteiger partial charge >= 0.3 is 0 Å². The molecule has 0 spiro atoms. The van der Waals surface area contributed by atoms with E-state index >= 15 is 0 Å². The molecular weight excluding hydrogens is 433 g/mol. The molecule has 0 unspecified atom stereocenters. The first-order chi connectivity index (χ1) is 16.4. The van der Waals surface area contributed by atoms with Gasteiger partial charge in [0.25, 0.3) is 5.91 Å². The molecule has 5 rings (SSSR count). The van der Waals surface area contributed by atoms with Crippen molar-refractivity contribution < 1.29 is 9.18 Å². The highest BCUT2D eigenvalue weighted by molar-refractivity contribution is 5.97. The molecule has 1 aliphatic heterocycles. The normalized spacial score (nSPS) is 14.5. The lowest BCUT2D eigenvalue weighted by Gasteiger charge is -2.30. The number of fused-ring (bicyclic) bond motifs is 1. The van der Waals surface area contributed by atoms with E-state index in [1.807, 2.05) is 18.2 Å². The van der Waals surface area contributed by atoms with Crippen molar-refractivity contribution in [3.63, 3.8) is 0 Å². The third-order valence-electron chi connectivity index (χ3n) is 6.22. The second kappa shape index (κ2) is 8.83. The number of halogens is 1. The van der Waals surface area contributed by atoms with Crippen molar-refractivity contribution >= 4 is 22.6 Å². The molecule has 1 amide bonds. The SMILES string of the molecule is CN(C)C(=O)c1ccc(F)c(-c2ccc3[nH]nc(-c4cncc(N5CCC(N)CC5)n4)c3c2)c1. The van der Waals surface area contributed by atoms with Crippen LogP contribution in [0.5, 0.6) is 0 Å². The Bertz CT molecular complexity index is 1360. The molecule has 34 heavy (non-hydrogen) atoms. The molecule has 0 saturated carbocycles.